The summed E-state index contributed by atoms with van der Waals surface area (Å²) in [5, 5.41) is 10.4. The molecule has 0 saturated carbocycles. The lowest BCUT2D eigenvalue weighted by molar-refractivity contribution is -0.137. The fourth-order valence-corrected chi connectivity index (χ4v) is 5.72. The summed E-state index contributed by atoms with van der Waals surface area (Å²) in [7, 11) is 0. The molecule has 1 atom stereocenters. The van der Waals surface area contributed by atoms with Crippen molar-refractivity contribution in [2.24, 2.45) is 5.92 Å². The van der Waals surface area contributed by atoms with Crippen LogP contribution in [0.25, 0.3) is 10.1 Å². The van der Waals surface area contributed by atoms with Crippen molar-refractivity contribution in [2.75, 3.05) is 26.2 Å². The average molecular weight is 542 g/mol. The number of fused-ring (bicyclic) bond motifs is 1. The van der Waals surface area contributed by atoms with Gasteiger partial charge in [-0.2, -0.15) is 13.2 Å². The Labute approximate surface area is 222 Å². The molecule has 1 fully saturated rings. The largest absolute Gasteiger partial charge is 0.508 e. The maximum Gasteiger partial charge on any atom is 0.417 e. The minimum atomic E-state index is -4.69. The highest BCUT2D eigenvalue weighted by atomic mass is 32.1. The fourth-order valence-electron chi connectivity index (χ4n) is 4.61. The zero-order valence-corrected chi connectivity index (χ0v) is 21.4. The number of aromatic hydroxyl groups is 1. The smallest absolute Gasteiger partial charge is 0.417 e. The number of phenols is 1. The van der Waals surface area contributed by atoms with E-state index in [1.165, 1.54) is 30.7 Å². The number of hydrogen-bond acceptors (Lipinski definition) is 6. The Bertz CT molecular complexity index is 1450. The molecule has 1 aliphatic rings. The van der Waals surface area contributed by atoms with E-state index in [-0.39, 0.29) is 16.4 Å². The monoisotopic (exact) mass is 541 g/mol. The average Bonchev–Trinajstić information content (AvgIpc) is 3.46. The normalized spacial score (nSPS) is 16.2. The Hall–Kier alpha value is -3.56. The van der Waals surface area contributed by atoms with Crippen LogP contribution in [-0.2, 0) is 6.18 Å². The van der Waals surface area contributed by atoms with E-state index in [4.69, 9.17) is 9.47 Å². The van der Waals surface area contributed by atoms with E-state index in [2.05, 4.69) is 11.8 Å². The Kier molecular flexibility index (Phi) is 7.32. The Morgan fingerprint density at radius 3 is 2.53 bits per heavy atom. The third-order valence-electron chi connectivity index (χ3n) is 6.54. The molecule has 5 nitrogen and oxygen atoms in total. The molecular weight excluding hydrogens is 515 g/mol. The maximum atomic E-state index is 13.6. The first kappa shape index (κ1) is 26.1. The van der Waals surface area contributed by atoms with Crippen LogP contribution in [-0.4, -0.2) is 42.0 Å². The molecule has 0 bridgehead atoms. The number of ether oxygens (including phenoxy) is 2. The number of benzene rings is 3. The van der Waals surface area contributed by atoms with Crippen molar-refractivity contribution < 1.29 is 32.5 Å². The third kappa shape index (κ3) is 5.63. The zero-order chi connectivity index (χ0) is 26.9. The lowest BCUT2D eigenvalue weighted by atomic mass is 10.0. The van der Waals surface area contributed by atoms with Gasteiger partial charge in [-0.1, -0.05) is 25.1 Å². The predicted octanol–water partition coefficient (Wildman–Crippen LogP) is 7.37. The molecule has 0 unspecified atom stereocenters. The van der Waals surface area contributed by atoms with Gasteiger partial charge in [-0.05, 0) is 67.4 Å². The number of phenolic OH excluding ortho intramolecular Hbond substituents is 1. The van der Waals surface area contributed by atoms with Crippen LogP contribution in [0.4, 0.5) is 13.2 Å². The summed E-state index contributed by atoms with van der Waals surface area (Å²) in [6, 6.07) is 16.0. The summed E-state index contributed by atoms with van der Waals surface area (Å²) in [5.74, 6) is 1.09. The third-order valence-corrected chi connectivity index (χ3v) is 7.67. The second-order valence-corrected chi connectivity index (χ2v) is 10.5. The number of ketones is 1. The van der Waals surface area contributed by atoms with Gasteiger partial charge < -0.3 is 14.6 Å². The molecule has 0 spiro atoms. The quantitative estimate of drug-likeness (QED) is 0.236. The Morgan fingerprint density at radius 2 is 1.82 bits per heavy atom. The SMILES string of the molecule is C[C@H]1CCN(CCOc2ccc(Oc3c(C(=O)c4ccccc4C(F)(F)F)sc4cc(O)ccc34)cc2)C1. The summed E-state index contributed by atoms with van der Waals surface area (Å²) in [6.45, 7) is 5.81. The lowest BCUT2D eigenvalue weighted by Crippen LogP contribution is -2.25. The van der Waals surface area contributed by atoms with Gasteiger partial charge in [0.05, 0.1) is 5.56 Å². The van der Waals surface area contributed by atoms with Crippen molar-refractivity contribution in [1.82, 2.24) is 4.90 Å². The minimum absolute atomic E-state index is 0.0162. The van der Waals surface area contributed by atoms with Crippen molar-refractivity contribution in [2.45, 2.75) is 19.5 Å². The Balaban J connectivity index is 1.40. The molecule has 1 saturated heterocycles. The molecule has 4 aromatic rings. The van der Waals surface area contributed by atoms with E-state index in [0.717, 1.165) is 43.1 Å². The van der Waals surface area contributed by atoms with Crippen LogP contribution in [0.2, 0.25) is 0 Å². The predicted molar refractivity (Wildman–Crippen MR) is 141 cm³/mol. The molecule has 0 radical (unpaired) electrons. The highest BCUT2D eigenvalue weighted by Gasteiger charge is 2.36. The van der Waals surface area contributed by atoms with Crippen molar-refractivity contribution in [3.63, 3.8) is 0 Å². The van der Waals surface area contributed by atoms with Crippen LogP contribution in [0.3, 0.4) is 0 Å². The van der Waals surface area contributed by atoms with Gasteiger partial charge in [-0.25, -0.2) is 0 Å². The maximum absolute atomic E-state index is 13.6. The fraction of sp³-hybridized carbons (Fsp3) is 0.276. The molecule has 9 heteroatoms. The summed E-state index contributed by atoms with van der Waals surface area (Å²) < 4.78 is 53.4. The van der Waals surface area contributed by atoms with Crippen molar-refractivity contribution in [3.8, 4) is 23.0 Å². The molecular formula is C29H26F3NO4S. The molecule has 2 heterocycles. The number of hydrogen-bond donors (Lipinski definition) is 1. The van der Waals surface area contributed by atoms with Crippen molar-refractivity contribution >= 4 is 27.2 Å². The van der Waals surface area contributed by atoms with Gasteiger partial charge in [0.1, 0.15) is 28.7 Å². The van der Waals surface area contributed by atoms with Crippen molar-refractivity contribution in [3.05, 3.63) is 82.7 Å². The highest BCUT2D eigenvalue weighted by Crippen LogP contribution is 2.44. The number of alkyl halides is 3. The summed E-state index contributed by atoms with van der Waals surface area (Å²) in [5.41, 5.74) is -1.47. The number of likely N-dealkylation sites (tertiary alicyclic amines) is 1. The van der Waals surface area contributed by atoms with Crippen molar-refractivity contribution in [1.29, 1.82) is 0 Å². The summed E-state index contributed by atoms with van der Waals surface area (Å²) >= 11 is 0.975. The number of thiophene rings is 1. The van der Waals surface area contributed by atoms with Crippen LogP contribution in [0.15, 0.2) is 66.7 Å². The number of carbonyl (C=O) groups is 1. The van der Waals surface area contributed by atoms with E-state index >= 15 is 0 Å². The first-order valence-electron chi connectivity index (χ1n) is 12.3. The van der Waals surface area contributed by atoms with Gasteiger partial charge in [0, 0.05) is 28.7 Å². The number of rotatable bonds is 8. The molecule has 5 rings (SSSR count). The molecule has 198 valence electrons. The topological polar surface area (TPSA) is 59.0 Å². The van der Waals surface area contributed by atoms with Crippen LogP contribution >= 0.6 is 11.3 Å². The summed E-state index contributed by atoms with van der Waals surface area (Å²) in [6.07, 6.45) is -3.49. The number of nitrogens with zero attached hydrogens (tertiary/aromatic N) is 1. The van der Waals surface area contributed by atoms with Gasteiger partial charge in [0.15, 0.2) is 5.75 Å². The molecule has 38 heavy (non-hydrogen) atoms. The van der Waals surface area contributed by atoms with Gasteiger partial charge in [0.2, 0.25) is 5.78 Å². The molecule has 1 aromatic heterocycles. The first-order chi connectivity index (χ1) is 18.2. The standard InChI is InChI=1S/C29H26F3NO4S/c1-18-12-13-33(17-18)14-15-36-20-7-9-21(10-8-20)37-27-23-11-6-19(34)16-25(23)38-28(27)26(35)22-4-2-3-5-24(22)29(30,31)32/h2-11,16,18,34H,12-15,17H2,1H3/t18-/m0/s1. The van der Waals surface area contributed by atoms with E-state index in [0.29, 0.717) is 34.1 Å². The minimum Gasteiger partial charge on any atom is -0.508 e. The molecule has 3 aromatic carbocycles. The van der Waals surface area contributed by atoms with E-state index in [1.807, 2.05) is 0 Å². The second-order valence-electron chi connectivity index (χ2n) is 9.43. The zero-order valence-electron chi connectivity index (χ0n) is 20.6. The number of halogens is 3. The van der Waals surface area contributed by atoms with Crippen LogP contribution in [0.1, 0.15) is 34.1 Å². The number of carbonyl (C=O) groups excluding carboxylic acids is 1. The van der Waals surface area contributed by atoms with E-state index in [1.54, 1.807) is 30.3 Å². The first-order valence-corrected chi connectivity index (χ1v) is 13.1. The molecule has 1 aliphatic heterocycles. The van der Waals surface area contributed by atoms with Gasteiger partial charge in [-0.3, -0.25) is 9.69 Å². The van der Waals surface area contributed by atoms with E-state index in [9.17, 15) is 23.1 Å². The van der Waals surface area contributed by atoms with Gasteiger partial charge in [-0.15, -0.1) is 11.3 Å². The molecule has 0 amide bonds. The summed E-state index contributed by atoms with van der Waals surface area (Å²) in [4.78, 5) is 15.8. The molecule has 0 aliphatic carbocycles. The Morgan fingerprint density at radius 1 is 1.08 bits per heavy atom. The van der Waals surface area contributed by atoms with Crippen LogP contribution < -0.4 is 9.47 Å². The van der Waals surface area contributed by atoms with Gasteiger partial charge >= 0.3 is 6.18 Å². The molecule has 1 N–H and O–H groups in total. The van der Waals surface area contributed by atoms with Crippen LogP contribution in [0.5, 0.6) is 23.0 Å². The second kappa shape index (κ2) is 10.7. The van der Waals surface area contributed by atoms with Gasteiger partial charge in [0.25, 0.3) is 0 Å². The van der Waals surface area contributed by atoms with Crippen LogP contribution in [0, 0.1) is 5.92 Å². The highest BCUT2D eigenvalue weighted by molar-refractivity contribution is 7.21. The van der Waals surface area contributed by atoms with E-state index < -0.39 is 23.1 Å². The lowest BCUT2D eigenvalue weighted by Gasteiger charge is -2.15.